The number of aryl methyl sites for hydroxylation is 1. The molecule has 0 bridgehead atoms. The Morgan fingerprint density at radius 2 is 2.20 bits per heavy atom. The zero-order valence-corrected chi connectivity index (χ0v) is 12.3. The second-order valence-electron chi connectivity index (χ2n) is 5.23. The molecule has 1 aromatic rings. The molecule has 1 aromatic heterocycles. The van der Waals surface area contributed by atoms with E-state index < -0.39 is 0 Å². The zero-order chi connectivity index (χ0) is 15.1. The van der Waals surface area contributed by atoms with Gasteiger partial charge in [-0.25, -0.2) is 0 Å². The van der Waals surface area contributed by atoms with Gasteiger partial charge in [0, 0.05) is 30.5 Å². The van der Waals surface area contributed by atoms with Crippen LogP contribution in [0.3, 0.4) is 0 Å². The van der Waals surface area contributed by atoms with Crippen molar-refractivity contribution in [2.24, 2.45) is 5.92 Å². The average molecular weight is 281 g/mol. The number of aromatic nitrogens is 1. The van der Waals surface area contributed by atoms with Crippen LogP contribution in [0.25, 0.3) is 0 Å². The minimum atomic E-state index is -0.348. The lowest BCUT2D eigenvalue weighted by Crippen LogP contribution is -2.18. The number of aliphatic hydroxyl groups is 1. The maximum absolute atomic E-state index is 11.0. The van der Waals surface area contributed by atoms with E-state index in [0.29, 0.717) is 23.6 Å². The third-order valence-electron chi connectivity index (χ3n) is 3.41. The van der Waals surface area contributed by atoms with Gasteiger partial charge in [-0.3, -0.25) is 15.1 Å². The maximum Gasteiger partial charge on any atom is 0.278 e. The van der Waals surface area contributed by atoms with Gasteiger partial charge in [-0.05, 0) is 39.2 Å². The Kier molecular flexibility index (Phi) is 6.54. The van der Waals surface area contributed by atoms with Crippen molar-refractivity contribution >= 4 is 5.69 Å². The number of nitrogens with one attached hydrogen (secondary N) is 1. The number of nitro groups is 1. The van der Waals surface area contributed by atoms with Gasteiger partial charge in [0.2, 0.25) is 0 Å². The van der Waals surface area contributed by atoms with Gasteiger partial charge in [0.1, 0.15) is 0 Å². The van der Waals surface area contributed by atoms with Gasteiger partial charge in [0.15, 0.2) is 0 Å². The van der Waals surface area contributed by atoms with Crippen LogP contribution in [0, 0.1) is 29.9 Å². The highest BCUT2D eigenvalue weighted by atomic mass is 16.6. The maximum atomic E-state index is 11.0. The van der Waals surface area contributed by atoms with Gasteiger partial charge in [0.05, 0.1) is 10.6 Å². The highest BCUT2D eigenvalue weighted by molar-refractivity contribution is 5.47. The van der Waals surface area contributed by atoms with E-state index in [1.807, 2.05) is 6.92 Å². The molecule has 0 aromatic carbocycles. The van der Waals surface area contributed by atoms with Gasteiger partial charge in [-0.2, -0.15) is 0 Å². The quantitative estimate of drug-likeness (QED) is 0.433. The summed E-state index contributed by atoms with van der Waals surface area (Å²) in [4.78, 5) is 14.9. The summed E-state index contributed by atoms with van der Waals surface area (Å²) < 4.78 is 0. The largest absolute Gasteiger partial charge is 0.396 e. The molecule has 6 nitrogen and oxygen atoms in total. The molecule has 1 unspecified atom stereocenters. The first kappa shape index (κ1) is 16.5. The Bertz CT molecular complexity index is 463. The standard InChI is InChI=1S/C14H23N3O3/c1-10(9-18)5-4-6-15-8-13-12(3)14(17(19)20)11(2)7-16-13/h7,10,15,18H,4-6,8-9H2,1-3H3. The zero-order valence-electron chi connectivity index (χ0n) is 12.3. The van der Waals surface area contributed by atoms with Crippen LogP contribution in [0.1, 0.15) is 36.6 Å². The van der Waals surface area contributed by atoms with Gasteiger partial charge >= 0.3 is 0 Å². The first-order chi connectivity index (χ1) is 9.47. The molecular formula is C14H23N3O3. The molecule has 0 aliphatic carbocycles. The molecule has 1 heterocycles. The minimum absolute atomic E-state index is 0.158. The molecule has 1 rings (SSSR count). The molecule has 0 radical (unpaired) electrons. The molecule has 20 heavy (non-hydrogen) atoms. The third kappa shape index (κ3) is 4.54. The molecule has 0 amide bonds. The predicted octanol–water partition coefficient (Wildman–Crippen LogP) is 2.10. The smallest absolute Gasteiger partial charge is 0.278 e. The fourth-order valence-electron chi connectivity index (χ4n) is 2.10. The van der Waals surface area contributed by atoms with Crippen molar-refractivity contribution in [3.63, 3.8) is 0 Å². The number of hydrogen-bond acceptors (Lipinski definition) is 5. The van der Waals surface area contributed by atoms with Crippen LogP contribution in [-0.2, 0) is 6.54 Å². The van der Waals surface area contributed by atoms with Gasteiger partial charge in [-0.1, -0.05) is 6.92 Å². The van der Waals surface area contributed by atoms with Crippen molar-refractivity contribution in [2.75, 3.05) is 13.2 Å². The van der Waals surface area contributed by atoms with Crippen LogP contribution >= 0.6 is 0 Å². The summed E-state index contributed by atoms with van der Waals surface area (Å²) in [6.07, 6.45) is 3.48. The summed E-state index contributed by atoms with van der Waals surface area (Å²) in [7, 11) is 0. The molecule has 0 aliphatic rings. The van der Waals surface area contributed by atoms with E-state index in [2.05, 4.69) is 10.3 Å². The first-order valence-corrected chi connectivity index (χ1v) is 6.88. The lowest BCUT2D eigenvalue weighted by Gasteiger charge is -2.10. The molecule has 1 atom stereocenters. The van der Waals surface area contributed by atoms with Crippen molar-refractivity contribution in [3.05, 3.63) is 33.1 Å². The number of aliphatic hydroxyl groups excluding tert-OH is 1. The highest BCUT2D eigenvalue weighted by Crippen LogP contribution is 2.23. The van der Waals surface area contributed by atoms with E-state index in [1.54, 1.807) is 20.0 Å². The molecular weight excluding hydrogens is 258 g/mol. The van der Waals surface area contributed by atoms with Crippen LogP contribution in [0.5, 0.6) is 0 Å². The number of rotatable bonds is 8. The average Bonchev–Trinajstić information content (AvgIpc) is 2.40. The van der Waals surface area contributed by atoms with E-state index >= 15 is 0 Å². The summed E-state index contributed by atoms with van der Waals surface area (Å²) in [6.45, 7) is 7.00. The molecule has 0 saturated heterocycles. The second kappa shape index (κ2) is 7.91. The molecule has 2 N–H and O–H groups in total. The normalized spacial score (nSPS) is 12.4. The molecule has 6 heteroatoms. The fourth-order valence-corrected chi connectivity index (χ4v) is 2.10. The lowest BCUT2D eigenvalue weighted by atomic mass is 10.1. The highest BCUT2D eigenvalue weighted by Gasteiger charge is 2.18. The summed E-state index contributed by atoms with van der Waals surface area (Å²) in [5, 5.41) is 23.2. The number of nitrogens with zero attached hydrogens (tertiary/aromatic N) is 2. The Hall–Kier alpha value is -1.53. The van der Waals surface area contributed by atoms with Crippen molar-refractivity contribution in [2.45, 2.75) is 40.2 Å². The van der Waals surface area contributed by atoms with E-state index in [0.717, 1.165) is 25.1 Å². The van der Waals surface area contributed by atoms with Crippen LogP contribution in [0.15, 0.2) is 6.20 Å². The summed E-state index contributed by atoms with van der Waals surface area (Å²) in [6, 6.07) is 0. The molecule has 0 fully saturated rings. The second-order valence-corrected chi connectivity index (χ2v) is 5.23. The van der Waals surface area contributed by atoms with Gasteiger partial charge in [-0.15, -0.1) is 0 Å². The fraction of sp³-hybridized carbons (Fsp3) is 0.643. The van der Waals surface area contributed by atoms with Crippen LogP contribution < -0.4 is 5.32 Å². The molecule has 0 saturated carbocycles. The van der Waals surface area contributed by atoms with Crippen molar-refractivity contribution in [3.8, 4) is 0 Å². The van der Waals surface area contributed by atoms with Crippen LogP contribution in [0.2, 0.25) is 0 Å². The summed E-state index contributed by atoms with van der Waals surface area (Å²) in [5.74, 6) is 0.317. The Morgan fingerprint density at radius 3 is 2.80 bits per heavy atom. The van der Waals surface area contributed by atoms with E-state index in [4.69, 9.17) is 5.11 Å². The van der Waals surface area contributed by atoms with E-state index in [-0.39, 0.29) is 17.2 Å². The SMILES string of the molecule is Cc1cnc(CNCCCC(C)CO)c(C)c1[N+](=O)[O-]. The Balaban J connectivity index is 2.53. The monoisotopic (exact) mass is 281 g/mol. The number of pyridine rings is 1. The van der Waals surface area contributed by atoms with Crippen molar-refractivity contribution < 1.29 is 10.0 Å². The predicted molar refractivity (Wildman–Crippen MR) is 77.6 cm³/mol. The number of hydrogen-bond donors (Lipinski definition) is 2. The van der Waals surface area contributed by atoms with Crippen LogP contribution in [-0.4, -0.2) is 28.2 Å². The van der Waals surface area contributed by atoms with Crippen molar-refractivity contribution in [1.82, 2.24) is 10.3 Å². The molecule has 112 valence electrons. The lowest BCUT2D eigenvalue weighted by molar-refractivity contribution is -0.386. The molecule has 0 aliphatic heterocycles. The van der Waals surface area contributed by atoms with Crippen molar-refractivity contribution in [1.29, 1.82) is 0 Å². The van der Waals surface area contributed by atoms with Gasteiger partial charge in [0.25, 0.3) is 5.69 Å². The van der Waals surface area contributed by atoms with E-state index in [1.165, 1.54) is 0 Å². The van der Waals surface area contributed by atoms with Crippen LogP contribution in [0.4, 0.5) is 5.69 Å². The summed E-state index contributed by atoms with van der Waals surface area (Å²) >= 11 is 0. The first-order valence-electron chi connectivity index (χ1n) is 6.88. The van der Waals surface area contributed by atoms with Gasteiger partial charge < -0.3 is 10.4 Å². The third-order valence-corrected chi connectivity index (χ3v) is 3.41. The van der Waals surface area contributed by atoms with E-state index in [9.17, 15) is 10.1 Å². The Labute approximate surface area is 119 Å². The Morgan fingerprint density at radius 1 is 1.50 bits per heavy atom. The summed E-state index contributed by atoms with van der Waals surface area (Å²) in [5.41, 5.74) is 2.10. The molecule has 0 spiro atoms. The topological polar surface area (TPSA) is 88.3 Å². The minimum Gasteiger partial charge on any atom is -0.396 e.